The third kappa shape index (κ3) is 3.95. The zero-order chi connectivity index (χ0) is 14.8. The topological polar surface area (TPSA) is 55.5 Å². The molecule has 1 aromatic carbocycles. The van der Waals surface area contributed by atoms with Crippen molar-refractivity contribution >= 4 is 0 Å². The first-order chi connectivity index (χ1) is 8.66. The molecule has 0 saturated carbocycles. The van der Waals surface area contributed by atoms with Gasteiger partial charge in [0.2, 0.25) is 0 Å². The fourth-order valence-corrected chi connectivity index (χ4v) is 2.07. The molecule has 108 valence electrons. The molecule has 1 aromatic rings. The van der Waals surface area contributed by atoms with E-state index in [9.17, 15) is 5.11 Å². The van der Waals surface area contributed by atoms with Crippen LogP contribution in [-0.2, 0) is 0 Å². The highest BCUT2D eigenvalue weighted by molar-refractivity contribution is 5.42. The van der Waals surface area contributed by atoms with Crippen LogP contribution in [0.25, 0.3) is 0 Å². The fourth-order valence-electron chi connectivity index (χ4n) is 2.07. The number of benzene rings is 1. The maximum atomic E-state index is 9.55. The van der Waals surface area contributed by atoms with Gasteiger partial charge in [-0.1, -0.05) is 26.8 Å². The molecule has 19 heavy (non-hydrogen) atoms. The van der Waals surface area contributed by atoms with Crippen molar-refractivity contribution in [1.82, 2.24) is 0 Å². The van der Waals surface area contributed by atoms with E-state index in [2.05, 4.69) is 33.8 Å². The lowest BCUT2D eigenvalue weighted by molar-refractivity contribution is 0.0586. The van der Waals surface area contributed by atoms with E-state index in [1.807, 2.05) is 19.9 Å². The molecule has 0 bridgehead atoms. The Hall–Kier alpha value is -1.06. The van der Waals surface area contributed by atoms with Crippen LogP contribution in [0.4, 0.5) is 0 Å². The normalized spacial score (nSPS) is 15.2. The number of aliphatic hydroxyl groups excluding tert-OH is 1. The number of aryl methyl sites for hydroxylation is 2. The van der Waals surface area contributed by atoms with Gasteiger partial charge in [0.05, 0.1) is 6.61 Å². The Balaban J connectivity index is 3.00. The molecular formula is C16H27NO2. The van der Waals surface area contributed by atoms with E-state index in [-0.39, 0.29) is 24.2 Å². The summed E-state index contributed by atoms with van der Waals surface area (Å²) in [7, 11) is 0. The SMILES string of the molecule is Cc1cc(C)c(C)c(OC(CO)C(N)C(C)(C)C)c1. The van der Waals surface area contributed by atoms with E-state index in [0.29, 0.717) is 0 Å². The molecular weight excluding hydrogens is 238 g/mol. The first kappa shape index (κ1) is 16.0. The number of aliphatic hydroxyl groups is 1. The number of nitrogens with two attached hydrogens (primary N) is 1. The zero-order valence-corrected chi connectivity index (χ0v) is 12.9. The molecule has 0 aliphatic carbocycles. The van der Waals surface area contributed by atoms with Crippen LogP contribution in [0.15, 0.2) is 12.1 Å². The quantitative estimate of drug-likeness (QED) is 0.880. The van der Waals surface area contributed by atoms with Gasteiger partial charge in [-0.3, -0.25) is 0 Å². The van der Waals surface area contributed by atoms with Crippen LogP contribution in [0.5, 0.6) is 5.75 Å². The zero-order valence-electron chi connectivity index (χ0n) is 12.9. The molecule has 2 atom stereocenters. The highest BCUT2D eigenvalue weighted by Crippen LogP contribution is 2.27. The van der Waals surface area contributed by atoms with Crippen molar-refractivity contribution in [1.29, 1.82) is 0 Å². The molecule has 0 amide bonds. The summed E-state index contributed by atoms with van der Waals surface area (Å²) in [6, 6.07) is 3.90. The van der Waals surface area contributed by atoms with Crippen LogP contribution in [0, 0.1) is 26.2 Å². The molecule has 3 nitrogen and oxygen atoms in total. The molecule has 3 N–H and O–H groups in total. The van der Waals surface area contributed by atoms with Gasteiger partial charge in [-0.15, -0.1) is 0 Å². The summed E-state index contributed by atoms with van der Waals surface area (Å²) < 4.78 is 5.97. The maximum Gasteiger partial charge on any atom is 0.137 e. The molecule has 0 heterocycles. The van der Waals surface area contributed by atoms with Gasteiger partial charge in [0.15, 0.2) is 0 Å². The van der Waals surface area contributed by atoms with Crippen LogP contribution in [0.2, 0.25) is 0 Å². The van der Waals surface area contributed by atoms with Gasteiger partial charge in [-0.05, 0) is 48.9 Å². The van der Waals surface area contributed by atoms with Crippen LogP contribution in [0.1, 0.15) is 37.5 Å². The molecule has 1 rings (SSSR count). The molecule has 2 unspecified atom stereocenters. The van der Waals surface area contributed by atoms with Gasteiger partial charge >= 0.3 is 0 Å². The minimum Gasteiger partial charge on any atom is -0.486 e. The second-order valence-electron chi connectivity index (χ2n) is 6.44. The summed E-state index contributed by atoms with van der Waals surface area (Å²) in [6.07, 6.45) is -0.389. The van der Waals surface area contributed by atoms with Crippen LogP contribution < -0.4 is 10.5 Å². The van der Waals surface area contributed by atoms with E-state index in [4.69, 9.17) is 10.5 Å². The molecule has 0 saturated heterocycles. The first-order valence-corrected chi connectivity index (χ1v) is 6.77. The van der Waals surface area contributed by atoms with Crippen molar-refractivity contribution in [2.24, 2.45) is 11.1 Å². The predicted molar refractivity (Wildman–Crippen MR) is 79.6 cm³/mol. The summed E-state index contributed by atoms with van der Waals surface area (Å²) in [5.74, 6) is 0.816. The van der Waals surface area contributed by atoms with Crippen molar-refractivity contribution < 1.29 is 9.84 Å². The van der Waals surface area contributed by atoms with Crippen LogP contribution in [0.3, 0.4) is 0 Å². The van der Waals surface area contributed by atoms with Gasteiger partial charge in [0, 0.05) is 6.04 Å². The summed E-state index contributed by atoms with van der Waals surface area (Å²) in [5, 5.41) is 9.55. The third-order valence-corrected chi connectivity index (χ3v) is 3.62. The van der Waals surface area contributed by atoms with Crippen LogP contribution >= 0.6 is 0 Å². The average molecular weight is 265 g/mol. The standard InChI is InChI=1S/C16H27NO2/c1-10-7-11(2)12(3)13(8-10)19-14(9-18)15(17)16(4,5)6/h7-8,14-15,18H,9,17H2,1-6H3. The minimum absolute atomic E-state index is 0.0785. The van der Waals surface area contributed by atoms with Gasteiger partial charge in [-0.25, -0.2) is 0 Å². The number of ether oxygens (including phenoxy) is 1. The van der Waals surface area contributed by atoms with Gasteiger partial charge < -0.3 is 15.6 Å². The Bertz CT molecular complexity index is 435. The highest BCUT2D eigenvalue weighted by Gasteiger charge is 2.30. The summed E-state index contributed by atoms with van der Waals surface area (Å²) in [4.78, 5) is 0. The van der Waals surface area contributed by atoms with E-state index < -0.39 is 0 Å². The Morgan fingerprint density at radius 2 is 1.79 bits per heavy atom. The Morgan fingerprint density at radius 3 is 2.26 bits per heavy atom. The van der Waals surface area contributed by atoms with E-state index in [0.717, 1.165) is 16.9 Å². The number of rotatable bonds is 4. The second kappa shape index (κ2) is 5.93. The molecule has 0 fully saturated rings. The van der Waals surface area contributed by atoms with E-state index >= 15 is 0 Å². The van der Waals surface area contributed by atoms with Gasteiger partial charge in [0.25, 0.3) is 0 Å². The number of hydrogen-bond acceptors (Lipinski definition) is 3. The second-order valence-corrected chi connectivity index (χ2v) is 6.44. The third-order valence-electron chi connectivity index (χ3n) is 3.62. The van der Waals surface area contributed by atoms with Gasteiger partial charge in [-0.2, -0.15) is 0 Å². The van der Waals surface area contributed by atoms with E-state index in [1.54, 1.807) is 0 Å². The average Bonchev–Trinajstić information content (AvgIpc) is 2.29. The van der Waals surface area contributed by atoms with Crippen molar-refractivity contribution in [3.05, 3.63) is 28.8 Å². The molecule has 0 aliphatic rings. The Labute approximate surface area is 116 Å². The highest BCUT2D eigenvalue weighted by atomic mass is 16.5. The lowest BCUT2D eigenvalue weighted by atomic mass is 9.84. The summed E-state index contributed by atoms with van der Waals surface area (Å²) >= 11 is 0. The molecule has 0 aromatic heterocycles. The predicted octanol–water partition coefficient (Wildman–Crippen LogP) is 2.72. The van der Waals surface area contributed by atoms with E-state index in [1.165, 1.54) is 5.56 Å². The first-order valence-electron chi connectivity index (χ1n) is 6.77. The molecule has 3 heteroatoms. The molecule has 0 aliphatic heterocycles. The smallest absolute Gasteiger partial charge is 0.137 e. The summed E-state index contributed by atoms with van der Waals surface area (Å²) in [5.41, 5.74) is 9.53. The lowest BCUT2D eigenvalue weighted by Gasteiger charge is -2.33. The minimum atomic E-state index is -0.389. The number of hydrogen-bond donors (Lipinski definition) is 2. The van der Waals surface area contributed by atoms with Crippen molar-refractivity contribution in [3.63, 3.8) is 0 Å². The Kier molecular flexibility index (Phi) is 4.99. The monoisotopic (exact) mass is 265 g/mol. The van der Waals surface area contributed by atoms with Crippen LogP contribution in [-0.4, -0.2) is 23.9 Å². The van der Waals surface area contributed by atoms with Crippen molar-refractivity contribution in [2.45, 2.75) is 53.7 Å². The fraction of sp³-hybridized carbons (Fsp3) is 0.625. The molecule has 0 spiro atoms. The lowest BCUT2D eigenvalue weighted by Crippen LogP contribution is -2.49. The van der Waals surface area contributed by atoms with Crippen molar-refractivity contribution in [3.8, 4) is 5.75 Å². The Morgan fingerprint density at radius 1 is 1.21 bits per heavy atom. The largest absolute Gasteiger partial charge is 0.486 e. The van der Waals surface area contributed by atoms with Crippen molar-refractivity contribution in [2.75, 3.05) is 6.61 Å². The maximum absolute atomic E-state index is 9.55. The van der Waals surface area contributed by atoms with Gasteiger partial charge in [0.1, 0.15) is 11.9 Å². The summed E-state index contributed by atoms with van der Waals surface area (Å²) in [6.45, 7) is 12.2. The molecule has 0 radical (unpaired) electrons.